The van der Waals surface area contributed by atoms with Crippen LogP contribution in [0.4, 0.5) is 5.82 Å². The van der Waals surface area contributed by atoms with Crippen LogP contribution in [0.5, 0.6) is 0 Å². The topological polar surface area (TPSA) is 242 Å². The first-order valence-electron chi connectivity index (χ1n) is 11.0. The van der Waals surface area contributed by atoms with Gasteiger partial charge in [0, 0.05) is 5.92 Å². The number of aliphatic hydroxyl groups excluding tert-OH is 4. The van der Waals surface area contributed by atoms with Gasteiger partial charge in [0.1, 0.15) is 30.2 Å². The minimum absolute atomic E-state index is 0.111. The lowest BCUT2D eigenvalue weighted by molar-refractivity contribution is -0.0480. The molecule has 1 saturated heterocycles. The summed E-state index contributed by atoms with van der Waals surface area (Å²) in [6.07, 6.45) is -4.55. The van der Waals surface area contributed by atoms with Crippen molar-refractivity contribution < 1.29 is 52.5 Å². The molecule has 10 unspecified atom stereocenters. The van der Waals surface area contributed by atoms with Gasteiger partial charge in [-0.25, -0.2) is 23.8 Å². The molecule has 3 heterocycles. The summed E-state index contributed by atoms with van der Waals surface area (Å²) < 4.78 is 46.6. The third-order valence-electron chi connectivity index (χ3n) is 6.27. The Morgan fingerprint density at radius 3 is 2.50 bits per heavy atom. The van der Waals surface area contributed by atoms with Gasteiger partial charge in [0.15, 0.2) is 17.7 Å². The van der Waals surface area contributed by atoms with Crippen molar-refractivity contribution in [2.24, 2.45) is 11.8 Å². The van der Waals surface area contributed by atoms with Crippen LogP contribution in [-0.4, -0.2) is 96.1 Å². The zero-order valence-electron chi connectivity index (χ0n) is 19.3. The summed E-state index contributed by atoms with van der Waals surface area (Å²) in [5, 5.41) is 40.7. The average Bonchev–Trinajstić information content (AvgIpc) is 3.42. The molecule has 16 nitrogen and oxygen atoms in total. The summed E-state index contributed by atoms with van der Waals surface area (Å²) in [6, 6.07) is 0. The molecular weight excluding hydrogens is 523 g/mol. The molecule has 1 saturated carbocycles. The maximum atomic E-state index is 12.7. The first-order valence-corrected chi connectivity index (χ1v) is 14.5. The van der Waals surface area contributed by atoms with Gasteiger partial charge >= 0.3 is 7.82 Å². The number of nitrogens with two attached hydrogens (primary N) is 1. The van der Waals surface area contributed by atoms with Gasteiger partial charge in [0.05, 0.1) is 31.7 Å². The third-order valence-corrected chi connectivity index (χ3v) is 9.37. The first-order chi connectivity index (χ1) is 16.8. The summed E-state index contributed by atoms with van der Waals surface area (Å²) in [7, 11) is -8.17. The number of nitrogens with zero attached hydrogens (tertiary/aromatic N) is 4. The van der Waals surface area contributed by atoms with Crippen molar-refractivity contribution in [3.8, 4) is 0 Å². The van der Waals surface area contributed by atoms with Gasteiger partial charge in [0.2, 0.25) is 0 Å². The summed E-state index contributed by atoms with van der Waals surface area (Å²) in [6.45, 7) is 0.732. The second-order valence-electron chi connectivity index (χ2n) is 9.00. The Labute approximate surface area is 205 Å². The summed E-state index contributed by atoms with van der Waals surface area (Å²) in [5.41, 5.74) is 6.27. The fourth-order valence-electron chi connectivity index (χ4n) is 4.32. The van der Waals surface area contributed by atoms with Crippen molar-refractivity contribution in [2.75, 3.05) is 18.9 Å². The minimum Gasteiger partial charge on any atom is -0.390 e. The predicted molar refractivity (Wildman–Crippen MR) is 124 cm³/mol. The molecule has 0 aromatic carbocycles. The summed E-state index contributed by atoms with van der Waals surface area (Å²) >= 11 is 0. The van der Waals surface area contributed by atoms with E-state index >= 15 is 0 Å². The molecule has 2 aromatic heterocycles. The molecular formula is C17H28BN5O11P2. The predicted octanol–water partition coefficient (Wildman–Crippen LogP) is -1.70. The Bertz CT molecular complexity index is 1190. The van der Waals surface area contributed by atoms with Crippen molar-refractivity contribution in [1.29, 1.82) is 0 Å². The Morgan fingerprint density at radius 2 is 1.83 bits per heavy atom. The number of nitrogen functional groups attached to an aromatic ring is 1. The number of imidazole rings is 1. The largest absolute Gasteiger partial charge is 0.478 e. The zero-order chi connectivity index (χ0) is 26.4. The number of aromatic nitrogens is 4. The SMILES string of the molecule is BP(=O)(OCC1OC(n2cnc3c(N)ncnc32)C(O)C1O)OP(=O)(O)OCC1CC(C)C(O)C1O. The van der Waals surface area contributed by atoms with Gasteiger partial charge in [-0.3, -0.25) is 13.7 Å². The van der Waals surface area contributed by atoms with Crippen molar-refractivity contribution >= 4 is 39.8 Å². The standard InChI is InChI=1S/C17H28BN5O11P2/c1-7-2-8(12(25)11(7)24)3-32-36(29,30)34-35(18,28)31-4-9-13(26)14(27)17(33-9)23-6-22-10-15(19)20-5-21-16(10)23/h5-9,11-14,17,24-27H,2-4,18H2,1H3,(H,29,30)(H2,19,20,21). The van der Waals surface area contributed by atoms with E-state index in [-0.39, 0.29) is 22.9 Å². The Hall–Kier alpha value is -1.49. The maximum absolute atomic E-state index is 12.7. The fraction of sp³-hybridized carbons (Fsp3) is 0.706. The number of hydrogen-bond acceptors (Lipinski definition) is 14. The molecule has 2 aromatic rings. The van der Waals surface area contributed by atoms with Gasteiger partial charge < -0.3 is 40.3 Å². The molecule has 1 aliphatic heterocycles. The molecule has 36 heavy (non-hydrogen) atoms. The quantitative estimate of drug-likeness (QED) is 0.150. The third kappa shape index (κ3) is 5.66. The number of ether oxygens (including phenoxy) is 1. The van der Waals surface area contributed by atoms with Crippen LogP contribution in [0.15, 0.2) is 12.7 Å². The minimum atomic E-state index is -4.88. The lowest BCUT2D eigenvalue weighted by atomic mass is 10.1. The van der Waals surface area contributed by atoms with Crippen molar-refractivity contribution in [3.05, 3.63) is 12.7 Å². The van der Waals surface area contributed by atoms with Gasteiger partial charge in [0.25, 0.3) is 15.0 Å². The highest BCUT2D eigenvalue weighted by atomic mass is 31.3. The molecule has 1 aliphatic carbocycles. The zero-order valence-corrected chi connectivity index (χ0v) is 21.1. The molecule has 0 amide bonds. The highest BCUT2D eigenvalue weighted by Crippen LogP contribution is 2.60. The lowest BCUT2D eigenvalue weighted by Gasteiger charge is -2.22. The average molecular weight is 551 g/mol. The normalized spacial score (nSPS) is 36.2. The number of fused-ring (bicyclic) bond motifs is 1. The van der Waals surface area contributed by atoms with Crippen LogP contribution in [0.25, 0.3) is 11.2 Å². The highest BCUT2D eigenvalue weighted by Gasteiger charge is 2.46. The number of phosphoric ester groups is 1. The van der Waals surface area contributed by atoms with E-state index in [0.717, 1.165) is 7.57 Å². The van der Waals surface area contributed by atoms with E-state index in [1.165, 1.54) is 17.2 Å². The van der Waals surface area contributed by atoms with Crippen LogP contribution in [-0.2, 0) is 27.2 Å². The lowest BCUT2D eigenvalue weighted by Crippen LogP contribution is -2.33. The molecule has 200 valence electrons. The number of aliphatic hydroxyl groups is 4. The van der Waals surface area contributed by atoms with Crippen LogP contribution < -0.4 is 5.73 Å². The highest BCUT2D eigenvalue weighted by molar-refractivity contribution is 7.83. The molecule has 2 fully saturated rings. The molecule has 4 rings (SSSR count). The molecule has 0 radical (unpaired) electrons. The van der Waals surface area contributed by atoms with Crippen LogP contribution in [0.3, 0.4) is 0 Å². The van der Waals surface area contributed by atoms with E-state index in [1.54, 1.807) is 6.92 Å². The van der Waals surface area contributed by atoms with E-state index in [2.05, 4.69) is 15.0 Å². The fourth-order valence-corrected chi connectivity index (χ4v) is 7.00. The van der Waals surface area contributed by atoms with E-state index in [9.17, 15) is 34.4 Å². The molecule has 0 spiro atoms. The Kier molecular flexibility index (Phi) is 7.92. The van der Waals surface area contributed by atoms with Crippen LogP contribution in [0.1, 0.15) is 19.6 Å². The van der Waals surface area contributed by atoms with Gasteiger partial charge in [-0.2, -0.15) is 0 Å². The van der Waals surface area contributed by atoms with Gasteiger partial charge in [-0.15, -0.1) is 0 Å². The molecule has 19 heteroatoms. The number of phosphoric acid groups is 1. The van der Waals surface area contributed by atoms with Crippen molar-refractivity contribution in [2.45, 2.75) is 50.1 Å². The first kappa shape index (κ1) is 27.5. The Balaban J connectivity index is 1.34. The number of hydrogen-bond donors (Lipinski definition) is 6. The van der Waals surface area contributed by atoms with E-state index in [1.807, 2.05) is 0 Å². The van der Waals surface area contributed by atoms with Crippen molar-refractivity contribution in [3.63, 3.8) is 0 Å². The van der Waals surface area contributed by atoms with Crippen LogP contribution in [0, 0.1) is 11.8 Å². The van der Waals surface area contributed by atoms with E-state index in [4.69, 9.17) is 23.8 Å². The molecule has 10 atom stereocenters. The second kappa shape index (κ2) is 10.3. The number of anilines is 1. The van der Waals surface area contributed by atoms with E-state index in [0.29, 0.717) is 6.42 Å². The van der Waals surface area contributed by atoms with Crippen LogP contribution in [0.2, 0.25) is 0 Å². The van der Waals surface area contributed by atoms with Crippen LogP contribution >= 0.6 is 15.3 Å². The Morgan fingerprint density at radius 1 is 1.11 bits per heavy atom. The maximum Gasteiger partial charge on any atom is 0.478 e. The van der Waals surface area contributed by atoms with E-state index < -0.39 is 71.2 Å². The molecule has 2 aliphatic rings. The monoisotopic (exact) mass is 551 g/mol. The molecule has 7 N–H and O–H groups in total. The van der Waals surface area contributed by atoms with Gasteiger partial charge in [-0.05, 0) is 12.3 Å². The smallest absolute Gasteiger partial charge is 0.390 e. The summed E-state index contributed by atoms with van der Waals surface area (Å²) in [4.78, 5) is 21.9. The summed E-state index contributed by atoms with van der Waals surface area (Å²) in [5.74, 6) is -0.730. The second-order valence-corrected chi connectivity index (χ2v) is 12.6. The van der Waals surface area contributed by atoms with Gasteiger partial charge in [-0.1, -0.05) is 6.92 Å². The number of rotatable bonds is 9. The molecule has 0 bridgehead atoms. The van der Waals surface area contributed by atoms with Crippen molar-refractivity contribution in [1.82, 2.24) is 19.5 Å².